The van der Waals surface area contributed by atoms with E-state index in [2.05, 4.69) is 15.6 Å². The number of nitrogens with zero attached hydrogens (tertiary/aromatic N) is 1. The Morgan fingerprint density at radius 3 is 2.70 bits per heavy atom. The van der Waals surface area contributed by atoms with Crippen LogP contribution >= 0.6 is 11.3 Å². The second-order valence-corrected chi connectivity index (χ2v) is 5.78. The Bertz CT molecular complexity index is 455. The van der Waals surface area contributed by atoms with E-state index in [0.717, 1.165) is 25.0 Å². The minimum Gasteiger partial charge on any atom is -0.480 e. The van der Waals surface area contributed by atoms with Gasteiger partial charge in [0, 0.05) is 18.3 Å². The van der Waals surface area contributed by atoms with E-state index in [1.807, 2.05) is 5.38 Å². The van der Waals surface area contributed by atoms with Crippen molar-refractivity contribution in [2.45, 2.75) is 44.1 Å². The Morgan fingerprint density at radius 1 is 1.35 bits per heavy atom. The second-order valence-electron chi connectivity index (χ2n) is 5.06. The number of carboxylic acid groups (broad SMARTS) is 1. The summed E-state index contributed by atoms with van der Waals surface area (Å²) in [5.74, 6) is -0.938. The molecular formula is C13H19N3O3S. The van der Waals surface area contributed by atoms with Crippen LogP contribution in [0.25, 0.3) is 0 Å². The number of urea groups is 1. The molecule has 0 bridgehead atoms. The number of rotatable bonds is 5. The normalized spacial score (nSPS) is 17.4. The summed E-state index contributed by atoms with van der Waals surface area (Å²) < 4.78 is 0. The number of hydrogen-bond acceptors (Lipinski definition) is 4. The van der Waals surface area contributed by atoms with Crippen LogP contribution in [0.1, 0.15) is 37.8 Å². The van der Waals surface area contributed by atoms with Crippen molar-refractivity contribution in [2.75, 3.05) is 6.54 Å². The number of thiazole rings is 1. The van der Waals surface area contributed by atoms with Gasteiger partial charge in [-0.1, -0.05) is 19.3 Å². The van der Waals surface area contributed by atoms with Crippen molar-refractivity contribution in [3.05, 3.63) is 16.6 Å². The SMILES string of the molecule is O=C(NCCc1cscn1)NC1(C(=O)O)CCCCC1. The van der Waals surface area contributed by atoms with Crippen LogP contribution in [0.3, 0.4) is 0 Å². The van der Waals surface area contributed by atoms with E-state index in [4.69, 9.17) is 0 Å². The molecule has 1 saturated carbocycles. The Balaban J connectivity index is 1.81. The van der Waals surface area contributed by atoms with E-state index in [1.54, 1.807) is 5.51 Å². The molecule has 2 rings (SSSR count). The summed E-state index contributed by atoms with van der Waals surface area (Å²) in [7, 11) is 0. The smallest absolute Gasteiger partial charge is 0.329 e. The minimum absolute atomic E-state index is 0.412. The maximum absolute atomic E-state index is 11.8. The van der Waals surface area contributed by atoms with Crippen molar-refractivity contribution in [1.29, 1.82) is 0 Å². The van der Waals surface area contributed by atoms with E-state index < -0.39 is 17.5 Å². The Morgan fingerprint density at radius 2 is 2.10 bits per heavy atom. The summed E-state index contributed by atoms with van der Waals surface area (Å²) in [6.45, 7) is 0.450. The summed E-state index contributed by atoms with van der Waals surface area (Å²) in [6.07, 6.45) is 4.36. The molecule has 1 fully saturated rings. The molecule has 1 heterocycles. The largest absolute Gasteiger partial charge is 0.480 e. The number of aliphatic carboxylic acids is 1. The minimum atomic E-state index is -1.09. The van der Waals surface area contributed by atoms with Crippen molar-refractivity contribution in [2.24, 2.45) is 0 Å². The third-order valence-corrected chi connectivity index (χ3v) is 4.25. The van der Waals surface area contributed by atoms with E-state index in [9.17, 15) is 14.7 Å². The number of aromatic nitrogens is 1. The fourth-order valence-electron chi connectivity index (χ4n) is 2.47. The monoisotopic (exact) mass is 297 g/mol. The number of carboxylic acids is 1. The predicted octanol–water partition coefficient (Wildman–Crippen LogP) is 1.77. The molecule has 0 radical (unpaired) electrons. The van der Waals surface area contributed by atoms with Gasteiger partial charge in [-0.2, -0.15) is 0 Å². The van der Waals surface area contributed by atoms with Crippen LogP contribution < -0.4 is 10.6 Å². The van der Waals surface area contributed by atoms with Gasteiger partial charge >= 0.3 is 12.0 Å². The lowest BCUT2D eigenvalue weighted by Crippen LogP contribution is -2.58. The van der Waals surface area contributed by atoms with Gasteiger partial charge in [0.1, 0.15) is 5.54 Å². The molecule has 1 aliphatic carbocycles. The zero-order chi connectivity index (χ0) is 14.4. The molecule has 0 aromatic carbocycles. The molecule has 0 unspecified atom stereocenters. The summed E-state index contributed by atoms with van der Waals surface area (Å²) >= 11 is 1.51. The molecule has 0 saturated heterocycles. The average Bonchev–Trinajstić information content (AvgIpc) is 2.93. The molecule has 0 atom stereocenters. The van der Waals surface area contributed by atoms with Crippen molar-refractivity contribution in [3.63, 3.8) is 0 Å². The summed E-state index contributed by atoms with van der Waals surface area (Å²) in [5.41, 5.74) is 1.58. The predicted molar refractivity (Wildman–Crippen MR) is 75.8 cm³/mol. The van der Waals surface area contributed by atoms with Crippen LogP contribution in [0.5, 0.6) is 0 Å². The molecule has 0 spiro atoms. The molecule has 3 N–H and O–H groups in total. The number of carbonyl (C=O) groups is 2. The average molecular weight is 297 g/mol. The highest BCUT2D eigenvalue weighted by molar-refractivity contribution is 7.07. The molecule has 1 aliphatic rings. The first-order chi connectivity index (χ1) is 9.62. The third-order valence-electron chi connectivity index (χ3n) is 3.62. The summed E-state index contributed by atoms with van der Waals surface area (Å²) in [5, 5.41) is 16.6. The van der Waals surface area contributed by atoms with E-state index in [1.165, 1.54) is 11.3 Å². The van der Waals surface area contributed by atoms with Crippen LogP contribution in [0, 0.1) is 0 Å². The fourth-order valence-corrected chi connectivity index (χ4v) is 3.07. The lowest BCUT2D eigenvalue weighted by atomic mass is 9.82. The van der Waals surface area contributed by atoms with E-state index in [-0.39, 0.29) is 0 Å². The molecule has 20 heavy (non-hydrogen) atoms. The Labute approximate surface area is 121 Å². The summed E-state index contributed by atoms with van der Waals surface area (Å²) in [4.78, 5) is 27.4. The number of hydrogen-bond donors (Lipinski definition) is 3. The van der Waals surface area contributed by atoms with Crippen molar-refractivity contribution in [1.82, 2.24) is 15.6 Å². The van der Waals surface area contributed by atoms with Gasteiger partial charge in [0.2, 0.25) is 0 Å². The zero-order valence-corrected chi connectivity index (χ0v) is 12.0. The topological polar surface area (TPSA) is 91.3 Å². The molecular weight excluding hydrogens is 278 g/mol. The standard InChI is InChI=1S/C13H19N3O3S/c17-11(18)13(5-2-1-3-6-13)16-12(19)14-7-4-10-8-20-9-15-10/h8-9H,1-7H2,(H,17,18)(H2,14,16,19). The van der Waals surface area contributed by atoms with Crippen molar-refractivity contribution >= 4 is 23.3 Å². The lowest BCUT2D eigenvalue weighted by Gasteiger charge is -2.33. The van der Waals surface area contributed by atoms with Gasteiger partial charge in [-0.15, -0.1) is 11.3 Å². The van der Waals surface area contributed by atoms with E-state index >= 15 is 0 Å². The number of amides is 2. The zero-order valence-electron chi connectivity index (χ0n) is 11.2. The highest BCUT2D eigenvalue weighted by atomic mass is 32.1. The first kappa shape index (κ1) is 14.8. The molecule has 1 aromatic heterocycles. The highest BCUT2D eigenvalue weighted by Gasteiger charge is 2.40. The lowest BCUT2D eigenvalue weighted by molar-refractivity contribution is -0.145. The first-order valence-electron chi connectivity index (χ1n) is 6.79. The summed E-state index contributed by atoms with van der Waals surface area (Å²) in [6, 6.07) is -0.412. The Hall–Kier alpha value is -1.63. The van der Waals surface area contributed by atoms with Crippen molar-refractivity contribution in [3.8, 4) is 0 Å². The van der Waals surface area contributed by atoms with Gasteiger partial charge < -0.3 is 15.7 Å². The third kappa shape index (κ3) is 3.69. The molecule has 6 nitrogen and oxygen atoms in total. The van der Waals surface area contributed by atoms with Gasteiger partial charge in [-0.05, 0) is 12.8 Å². The first-order valence-corrected chi connectivity index (χ1v) is 7.73. The maximum atomic E-state index is 11.8. The van der Waals surface area contributed by atoms with Gasteiger partial charge in [0.15, 0.2) is 0 Å². The van der Waals surface area contributed by atoms with Crippen LogP contribution in [-0.4, -0.2) is 34.2 Å². The van der Waals surface area contributed by atoms with Gasteiger partial charge in [0.05, 0.1) is 11.2 Å². The van der Waals surface area contributed by atoms with Gasteiger partial charge in [-0.3, -0.25) is 0 Å². The highest BCUT2D eigenvalue weighted by Crippen LogP contribution is 2.28. The molecule has 2 amide bonds. The van der Waals surface area contributed by atoms with Crippen LogP contribution in [-0.2, 0) is 11.2 Å². The molecule has 0 aliphatic heterocycles. The van der Waals surface area contributed by atoms with Crippen LogP contribution in [0.2, 0.25) is 0 Å². The van der Waals surface area contributed by atoms with E-state index in [0.29, 0.717) is 25.8 Å². The van der Waals surface area contributed by atoms with Crippen LogP contribution in [0.4, 0.5) is 4.79 Å². The van der Waals surface area contributed by atoms with Gasteiger partial charge in [0.25, 0.3) is 0 Å². The molecule has 110 valence electrons. The van der Waals surface area contributed by atoms with Crippen molar-refractivity contribution < 1.29 is 14.7 Å². The second kappa shape index (κ2) is 6.69. The van der Waals surface area contributed by atoms with Crippen LogP contribution in [0.15, 0.2) is 10.9 Å². The molecule has 7 heteroatoms. The van der Waals surface area contributed by atoms with Gasteiger partial charge in [-0.25, -0.2) is 14.6 Å². The fraction of sp³-hybridized carbons (Fsp3) is 0.615. The number of nitrogens with one attached hydrogen (secondary N) is 2. The molecule has 1 aromatic rings. The Kier molecular flexibility index (Phi) is 4.94. The quantitative estimate of drug-likeness (QED) is 0.772. The maximum Gasteiger partial charge on any atom is 0.329 e. The number of carbonyl (C=O) groups excluding carboxylic acids is 1.